The number of rotatable bonds is 3. The Morgan fingerprint density at radius 2 is 1.84 bits per heavy atom. The molecule has 3 rings (SSSR count). The number of aromatic nitrogens is 2. The van der Waals surface area contributed by atoms with Gasteiger partial charge in [0.25, 0.3) is 0 Å². The van der Waals surface area contributed by atoms with E-state index in [2.05, 4.69) is 25.5 Å². The minimum Gasteiger partial charge on any atom is -0.341 e. The van der Waals surface area contributed by atoms with Crippen LogP contribution < -0.4 is 15.5 Å². The van der Waals surface area contributed by atoms with Gasteiger partial charge in [-0.15, -0.1) is 0 Å². The van der Waals surface area contributed by atoms with Crippen molar-refractivity contribution < 1.29 is 9.18 Å². The predicted molar refractivity (Wildman–Crippen MR) is 95.3 cm³/mol. The minimum absolute atomic E-state index is 0.0794. The molecule has 2 heterocycles. The van der Waals surface area contributed by atoms with Crippen molar-refractivity contribution in [3.63, 3.8) is 0 Å². The number of hydrogen-bond donors (Lipinski definition) is 2. The maximum Gasteiger partial charge on any atom is 0.319 e. The van der Waals surface area contributed by atoms with E-state index in [0.29, 0.717) is 5.69 Å². The molecule has 6 nitrogen and oxygen atoms in total. The third-order valence-corrected chi connectivity index (χ3v) is 4.17. The van der Waals surface area contributed by atoms with Crippen molar-refractivity contribution in [1.82, 2.24) is 15.3 Å². The van der Waals surface area contributed by atoms with Crippen LogP contribution in [0.2, 0.25) is 0 Å². The SMILES string of the molecule is Cc1cc(C)nc(N2CCC(NC(=O)Nc3cccc(F)c3)CC2)n1. The topological polar surface area (TPSA) is 70.2 Å². The maximum absolute atomic E-state index is 13.1. The summed E-state index contributed by atoms with van der Waals surface area (Å²) in [4.78, 5) is 23.2. The average Bonchev–Trinajstić information content (AvgIpc) is 2.54. The fourth-order valence-electron chi connectivity index (χ4n) is 2.99. The van der Waals surface area contributed by atoms with Gasteiger partial charge in [0.15, 0.2) is 0 Å². The second kappa shape index (κ2) is 7.46. The number of carbonyl (C=O) groups is 1. The van der Waals surface area contributed by atoms with Gasteiger partial charge in [0.1, 0.15) is 5.82 Å². The van der Waals surface area contributed by atoms with Crippen molar-refractivity contribution in [3.05, 3.63) is 47.5 Å². The zero-order valence-electron chi connectivity index (χ0n) is 14.4. The van der Waals surface area contributed by atoms with Crippen LogP contribution in [0.4, 0.5) is 20.8 Å². The van der Waals surface area contributed by atoms with Gasteiger partial charge in [-0.25, -0.2) is 19.2 Å². The predicted octanol–water partition coefficient (Wildman–Crippen LogP) is 3.02. The van der Waals surface area contributed by atoms with Gasteiger partial charge >= 0.3 is 6.03 Å². The lowest BCUT2D eigenvalue weighted by molar-refractivity contribution is 0.246. The van der Waals surface area contributed by atoms with E-state index in [4.69, 9.17) is 0 Å². The molecule has 0 radical (unpaired) electrons. The number of carbonyl (C=O) groups excluding carboxylic acids is 1. The quantitative estimate of drug-likeness (QED) is 0.899. The lowest BCUT2D eigenvalue weighted by Crippen LogP contribution is -2.46. The molecule has 2 amide bonds. The standard InChI is InChI=1S/C18H22FN5O/c1-12-10-13(2)21-17(20-12)24-8-6-15(7-9-24)22-18(25)23-16-5-3-4-14(19)11-16/h3-5,10-11,15H,6-9H2,1-2H3,(H2,22,23,25). The highest BCUT2D eigenvalue weighted by Crippen LogP contribution is 2.17. The first kappa shape index (κ1) is 17.1. The fourth-order valence-corrected chi connectivity index (χ4v) is 2.99. The molecule has 1 aromatic carbocycles. The molecule has 1 aromatic heterocycles. The molecular formula is C18H22FN5O. The summed E-state index contributed by atoms with van der Waals surface area (Å²) in [5, 5.41) is 5.60. The van der Waals surface area contributed by atoms with Crippen LogP contribution in [0.25, 0.3) is 0 Å². The van der Waals surface area contributed by atoms with E-state index in [9.17, 15) is 9.18 Å². The maximum atomic E-state index is 13.1. The smallest absolute Gasteiger partial charge is 0.319 e. The van der Waals surface area contributed by atoms with Crippen molar-refractivity contribution in [1.29, 1.82) is 0 Å². The third kappa shape index (κ3) is 4.65. The molecule has 0 spiro atoms. The van der Waals surface area contributed by atoms with Crippen molar-refractivity contribution in [2.24, 2.45) is 0 Å². The Bertz CT molecular complexity index is 739. The van der Waals surface area contributed by atoms with Crippen LogP contribution in [0.1, 0.15) is 24.2 Å². The van der Waals surface area contributed by atoms with Gasteiger partial charge in [0.05, 0.1) is 0 Å². The van der Waals surface area contributed by atoms with Gasteiger partial charge < -0.3 is 15.5 Å². The second-order valence-corrected chi connectivity index (χ2v) is 6.32. The van der Waals surface area contributed by atoms with E-state index in [1.54, 1.807) is 12.1 Å². The van der Waals surface area contributed by atoms with Gasteiger partial charge in [0, 0.05) is 36.2 Å². The van der Waals surface area contributed by atoms with Crippen LogP contribution in [-0.4, -0.2) is 35.1 Å². The summed E-state index contributed by atoms with van der Waals surface area (Å²) in [5.74, 6) is 0.375. The van der Waals surface area contributed by atoms with Crippen LogP contribution in [0.3, 0.4) is 0 Å². The summed E-state index contributed by atoms with van der Waals surface area (Å²) in [6.45, 7) is 5.49. The normalized spacial score (nSPS) is 15.1. The van der Waals surface area contributed by atoms with E-state index in [1.165, 1.54) is 12.1 Å². The Labute approximate surface area is 146 Å². The lowest BCUT2D eigenvalue weighted by Gasteiger charge is -2.32. The Kier molecular flexibility index (Phi) is 5.11. The molecule has 1 saturated heterocycles. The number of anilines is 2. The number of piperidine rings is 1. The number of aryl methyl sites for hydroxylation is 2. The van der Waals surface area contributed by atoms with E-state index >= 15 is 0 Å². The van der Waals surface area contributed by atoms with Crippen LogP contribution in [0.15, 0.2) is 30.3 Å². The van der Waals surface area contributed by atoms with E-state index in [-0.39, 0.29) is 17.9 Å². The molecule has 1 fully saturated rings. The average molecular weight is 343 g/mol. The number of nitrogens with zero attached hydrogens (tertiary/aromatic N) is 3. The highest BCUT2D eigenvalue weighted by atomic mass is 19.1. The van der Waals surface area contributed by atoms with Gasteiger partial charge in [0.2, 0.25) is 5.95 Å². The van der Waals surface area contributed by atoms with Gasteiger partial charge in [-0.05, 0) is 51.0 Å². The number of nitrogens with one attached hydrogen (secondary N) is 2. The molecule has 2 aromatic rings. The first-order valence-electron chi connectivity index (χ1n) is 8.40. The lowest BCUT2D eigenvalue weighted by atomic mass is 10.1. The molecule has 2 N–H and O–H groups in total. The molecule has 132 valence electrons. The molecule has 0 unspecified atom stereocenters. The number of halogens is 1. The summed E-state index contributed by atoms with van der Waals surface area (Å²) < 4.78 is 13.1. The molecule has 0 bridgehead atoms. The van der Waals surface area contributed by atoms with Gasteiger partial charge in [-0.2, -0.15) is 0 Å². The minimum atomic E-state index is -0.375. The zero-order chi connectivity index (χ0) is 17.8. The molecule has 7 heteroatoms. The van der Waals surface area contributed by atoms with Crippen LogP contribution in [0, 0.1) is 19.7 Å². The van der Waals surface area contributed by atoms with Crippen molar-refractivity contribution in [2.75, 3.05) is 23.3 Å². The van der Waals surface area contributed by atoms with Crippen LogP contribution in [-0.2, 0) is 0 Å². The highest BCUT2D eigenvalue weighted by molar-refractivity contribution is 5.89. The Morgan fingerprint density at radius 1 is 1.16 bits per heavy atom. The monoisotopic (exact) mass is 343 g/mol. The first-order chi connectivity index (χ1) is 12.0. The van der Waals surface area contributed by atoms with E-state index < -0.39 is 0 Å². The highest BCUT2D eigenvalue weighted by Gasteiger charge is 2.22. The third-order valence-electron chi connectivity index (χ3n) is 4.17. The summed E-state index contributed by atoms with van der Waals surface area (Å²) in [7, 11) is 0. The van der Waals surface area contributed by atoms with Gasteiger partial charge in [-0.1, -0.05) is 6.07 Å². The summed E-state index contributed by atoms with van der Waals surface area (Å²) in [6, 6.07) is 7.57. The molecule has 25 heavy (non-hydrogen) atoms. The molecule has 1 aliphatic rings. The summed E-state index contributed by atoms with van der Waals surface area (Å²) in [6.07, 6.45) is 1.62. The van der Waals surface area contributed by atoms with Crippen LogP contribution >= 0.6 is 0 Å². The Hall–Kier alpha value is -2.70. The number of urea groups is 1. The Morgan fingerprint density at radius 3 is 2.48 bits per heavy atom. The molecule has 0 saturated carbocycles. The summed E-state index contributed by atoms with van der Waals surface area (Å²) >= 11 is 0. The fraction of sp³-hybridized carbons (Fsp3) is 0.389. The molecule has 0 atom stereocenters. The second-order valence-electron chi connectivity index (χ2n) is 6.32. The van der Waals surface area contributed by atoms with Crippen molar-refractivity contribution in [3.8, 4) is 0 Å². The summed E-state index contributed by atoms with van der Waals surface area (Å²) in [5.41, 5.74) is 2.35. The Balaban J connectivity index is 1.51. The zero-order valence-corrected chi connectivity index (χ0v) is 14.4. The van der Waals surface area contributed by atoms with E-state index in [0.717, 1.165) is 43.3 Å². The van der Waals surface area contributed by atoms with Gasteiger partial charge in [-0.3, -0.25) is 0 Å². The van der Waals surface area contributed by atoms with Crippen LogP contribution in [0.5, 0.6) is 0 Å². The van der Waals surface area contributed by atoms with Crippen molar-refractivity contribution in [2.45, 2.75) is 32.7 Å². The number of hydrogen-bond acceptors (Lipinski definition) is 4. The largest absolute Gasteiger partial charge is 0.341 e. The van der Waals surface area contributed by atoms with Crippen molar-refractivity contribution >= 4 is 17.7 Å². The molecule has 0 aliphatic carbocycles. The van der Waals surface area contributed by atoms with E-state index in [1.807, 2.05) is 19.9 Å². The number of amides is 2. The number of benzene rings is 1. The first-order valence-corrected chi connectivity index (χ1v) is 8.40. The molecular weight excluding hydrogens is 321 g/mol. The molecule has 1 aliphatic heterocycles.